The highest BCUT2D eigenvalue weighted by molar-refractivity contribution is 5.81. The van der Waals surface area contributed by atoms with Crippen LogP contribution in [0.4, 0.5) is 0 Å². The van der Waals surface area contributed by atoms with Crippen LogP contribution in [0.15, 0.2) is 6.20 Å². The van der Waals surface area contributed by atoms with E-state index >= 15 is 0 Å². The molecule has 5 nitrogen and oxygen atoms in total. The van der Waals surface area contributed by atoms with Crippen molar-refractivity contribution in [2.24, 2.45) is 0 Å². The summed E-state index contributed by atoms with van der Waals surface area (Å²) in [6, 6.07) is -0.423. The summed E-state index contributed by atoms with van der Waals surface area (Å²) in [7, 11) is 0. The first kappa shape index (κ1) is 8.58. The van der Waals surface area contributed by atoms with Crippen molar-refractivity contribution in [3.8, 4) is 0 Å². The Morgan fingerprint density at radius 2 is 2.42 bits per heavy atom. The molecule has 12 heavy (non-hydrogen) atoms. The molecular formula is C7H9N3O2. The van der Waals surface area contributed by atoms with Crippen LogP contribution in [0.25, 0.3) is 0 Å². The number of aldehydes is 1. The van der Waals surface area contributed by atoms with Gasteiger partial charge < -0.3 is 0 Å². The molecule has 1 heterocycles. The standard InChI is InChI=1S/C7H9N3O2/c1-5(6(2)12)10-7(4-11)3-8-9-10/h3-5H,1-2H3. The smallest absolute Gasteiger partial charge is 0.169 e. The first-order valence-corrected chi connectivity index (χ1v) is 3.52. The van der Waals surface area contributed by atoms with Crippen LogP contribution in [-0.4, -0.2) is 27.1 Å². The third-order valence-corrected chi connectivity index (χ3v) is 1.68. The Morgan fingerprint density at radius 1 is 1.75 bits per heavy atom. The Hall–Kier alpha value is -1.52. The second-order valence-corrected chi connectivity index (χ2v) is 2.51. The van der Waals surface area contributed by atoms with Crippen molar-refractivity contribution in [1.82, 2.24) is 15.0 Å². The van der Waals surface area contributed by atoms with Gasteiger partial charge in [-0.15, -0.1) is 5.10 Å². The number of carbonyl (C=O) groups is 2. The van der Waals surface area contributed by atoms with E-state index in [0.717, 1.165) is 0 Å². The van der Waals surface area contributed by atoms with Gasteiger partial charge in [0.1, 0.15) is 11.7 Å². The molecule has 64 valence electrons. The van der Waals surface area contributed by atoms with Crippen LogP contribution in [0.5, 0.6) is 0 Å². The molecule has 0 aromatic carbocycles. The van der Waals surface area contributed by atoms with Gasteiger partial charge in [0.2, 0.25) is 0 Å². The third-order valence-electron chi connectivity index (χ3n) is 1.68. The highest BCUT2D eigenvalue weighted by atomic mass is 16.1. The molecule has 0 amide bonds. The summed E-state index contributed by atoms with van der Waals surface area (Å²) in [6.45, 7) is 3.12. The normalized spacial score (nSPS) is 12.5. The van der Waals surface area contributed by atoms with Gasteiger partial charge in [0.05, 0.1) is 6.20 Å². The van der Waals surface area contributed by atoms with Gasteiger partial charge in [-0.2, -0.15) is 0 Å². The second-order valence-electron chi connectivity index (χ2n) is 2.51. The number of nitrogens with zero attached hydrogens (tertiary/aromatic N) is 3. The Balaban J connectivity index is 3.01. The third kappa shape index (κ3) is 1.39. The van der Waals surface area contributed by atoms with Gasteiger partial charge in [0.25, 0.3) is 0 Å². The van der Waals surface area contributed by atoms with E-state index in [2.05, 4.69) is 10.3 Å². The average Bonchev–Trinajstić information content (AvgIpc) is 2.49. The van der Waals surface area contributed by atoms with Gasteiger partial charge in [0, 0.05) is 0 Å². The lowest BCUT2D eigenvalue weighted by molar-refractivity contribution is -0.119. The van der Waals surface area contributed by atoms with E-state index in [1.54, 1.807) is 6.92 Å². The van der Waals surface area contributed by atoms with Crippen LogP contribution in [0, 0.1) is 0 Å². The molecule has 0 bridgehead atoms. The summed E-state index contributed by atoms with van der Waals surface area (Å²) in [4.78, 5) is 21.3. The van der Waals surface area contributed by atoms with Crippen LogP contribution >= 0.6 is 0 Å². The minimum absolute atomic E-state index is 0.0522. The van der Waals surface area contributed by atoms with Crippen LogP contribution in [0.1, 0.15) is 30.4 Å². The predicted octanol–water partition coefficient (Wildman–Crippen LogP) is 0.241. The molecule has 0 spiro atoms. The van der Waals surface area contributed by atoms with E-state index < -0.39 is 6.04 Å². The van der Waals surface area contributed by atoms with Crippen molar-refractivity contribution in [1.29, 1.82) is 0 Å². The monoisotopic (exact) mass is 167 g/mol. The number of aromatic nitrogens is 3. The highest BCUT2D eigenvalue weighted by Crippen LogP contribution is 2.06. The van der Waals surface area contributed by atoms with E-state index in [-0.39, 0.29) is 5.78 Å². The molecule has 1 rings (SSSR count). The summed E-state index contributed by atoms with van der Waals surface area (Å²) >= 11 is 0. The van der Waals surface area contributed by atoms with Crippen molar-refractivity contribution in [2.75, 3.05) is 0 Å². The highest BCUT2D eigenvalue weighted by Gasteiger charge is 2.14. The van der Waals surface area contributed by atoms with Crippen LogP contribution in [-0.2, 0) is 4.79 Å². The summed E-state index contributed by atoms with van der Waals surface area (Å²) < 4.78 is 1.30. The molecule has 1 aromatic rings. The summed E-state index contributed by atoms with van der Waals surface area (Å²) in [5, 5.41) is 7.15. The van der Waals surface area contributed by atoms with Gasteiger partial charge in [-0.05, 0) is 13.8 Å². The second kappa shape index (κ2) is 3.25. The molecule has 0 aliphatic carbocycles. The van der Waals surface area contributed by atoms with Crippen molar-refractivity contribution in [2.45, 2.75) is 19.9 Å². The molecule has 0 radical (unpaired) electrons. The number of Topliss-reactive ketones (excluding diaryl/α,β-unsaturated/α-hetero) is 1. The molecule has 0 saturated heterocycles. The topological polar surface area (TPSA) is 64.8 Å². The average molecular weight is 167 g/mol. The van der Waals surface area contributed by atoms with Crippen LogP contribution < -0.4 is 0 Å². The van der Waals surface area contributed by atoms with E-state index in [1.807, 2.05) is 0 Å². The van der Waals surface area contributed by atoms with E-state index in [1.165, 1.54) is 17.8 Å². The van der Waals surface area contributed by atoms with Crippen molar-refractivity contribution < 1.29 is 9.59 Å². The molecule has 0 aliphatic rings. The lowest BCUT2D eigenvalue weighted by atomic mass is 10.2. The molecule has 0 fully saturated rings. The molecular weight excluding hydrogens is 158 g/mol. The van der Waals surface area contributed by atoms with E-state index in [0.29, 0.717) is 12.0 Å². The fourth-order valence-electron chi connectivity index (χ4n) is 0.809. The fraction of sp³-hybridized carbons (Fsp3) is 0.429. The number of hydrogen-bond acceptors (Lipinski definition) is 4. The minimum Gasteiger partial charge on any atom is -0.298 e. The zero-order valence-corrected chi connectivity index (χ0v) is 6.89. The summed E-state index contributed by atoms with van der Waals surface area (Å²) in [6.07, 6.45) is 1.95. The van der Waals surface area contributed by atoms with Crippen molar-refractivity contribution >= 4 is 12.1 Å². The van der Waals surface area contributed by atoms with Crippen molar-refractivity contribution in [3.63, 3.8) is 0 Å². The van der Waals surface area contributed by atoms with Crippen molar-refractivity contribution in [3.05, 3.63) is 11.9 Å². The van der Waals surface area contributed by atoms with E-state index in [4.69, 9.17) is 0 Å². The number of hydrogen-bond donors (Lipinski definition) is 0. The first-order valence-electron chi connectivity index (χ1n) is 3.52. The molecule has 1 atom stereocenters. The zero-order valence-electron chi connectivity index (χ0n) is 6.89. The zero-order chi connectivity index (χ0) is 9.14. The van der Waals surface area contributed by atoms with Gasteiger partial charge in [-0.3, -0.25) is 9.59 Å². The first-order chi connectivity index (χ1) is 5.66. The molecule has 5 heteroatoms. The molecule has 0 N–H and O–H groups in total. The van der Waals surface area contributed by atoms with Gasteiger partial charge in [0.15, 0.2) is 12.1 Å². The maximum atomic E-state index is 10.9. The lowest BCUT2D eigenvalue weighted by Gasteiger charge is -2.07. The van der Waals surface area contributed by atoms with Crippen LogP contribution in [0.3, 0.4) is 0 Å². The maximum absolute atomic E-state index is 10.9. The summed E-state index contributed by atoms with van der Waals surface area (Å²) in [5.41, 5.74) is 0.317. The van der Waals surface area contributed by atoms with Gasteiger partial charge >= 0.3 is 0 Å². The summed E-state index contributed by atoms with van der Waals surface area (Å²) in [5.74, 6) is -0.0522. The Bertz CT molecular complexity index is 305. The maximum Gasteiger partial charge on any atom is 0.169 e. The van der Waals surface area contributed by atoms with Gasteiger partial charge in [-0.1, -0.05) is 5.21 Å². The SMILES string of the molecule is CC(=O)C(C)n1nncc1C=O. The fourth-order valence-corrected chi connectivity index (χ4v) is 0.809. The minimum atomic E-state index is -0.423. The largest absolute Gasteiger partial charge is 0.298 e. The lowest BCUT2D eigenvalue weighted by Crippen LogP contribution is -2.17. The number of ketones is 1. The Morgan fingerprint density at radius 3 is 2.92 bits per heavy atom. The van der Waals surface area contributed by atoms with E-state index in [9.17, 15) is 9.59 Å². The Labute approximate surface area is 69.4 Å². The molecule has 0 saturated carbocycles. The number of rotatable bonds is 3. The Kier molecular flexibility index (Phi) is 2.32. The van der Waals surface area contributed by atoms with Crippen LogP contribution in [0.2, 0.25) is 0 Å². The predicted molar refractivity (Wildman–Crippen MR) is 40.8 cm³/mol. The van der Waals surface area contributed by atoms with Gasteiger partial charge in [-0.25, -0.2) is 4.68 Å². The quantitative estimate of drug-likeness (QED) is 0.605. The molecule has 0 aliphatic heterocycles. The number of carbonyl (C=O) groups excluding carboxylic acids is 2. The molecule has 1 unspecified atom stereocenters. The molecule has 1 aromatic heterocycles.